The van der Waals surface area contributed by atoms with Crippen molar-refractivity contribution in [3.63, 3.8) is 0 Å². The molecule has 0 aromatic heterocycles. The molecular formula is C15H21NO5. The molecule has 0 saturated carbocycles. The van der Waals surface area contributed by atoms with E-state index in [1.807, 2.05) is 0 Å². The molecule has 0 N–H and O–H groups in total. The van der Waals surface area contributed by atoms with E-state index in [0.29, 0.717) is 23.3 Å². The van der Waals surface area contributed by atoms with Crippen LogP contribution in [-0.4, -0.2) is 57.6 Å². The van der Waals surface area contributed by atoms with Crippen LogP contribution in [0.25, 0.3) is 0 Å². The average molecular weight is 295 g/mol. The second-order valence-corrected chi connectivity index (χ2v) is 4.54. The number of hydrogen-bond acceptors (Lipinski definition) is 6. The first kappa shape index (κ1) is 17.1. The minimum absolute atomic E-state index is 0.311. The fourth-order valence-electron chi connectivity index (χ4n) is 1.65. The first-order valence-corrected chi connectivity index (χ1v) is 6.64. The molecule has 1 aromatic rings. The lowest BCUT2D eigenvalue weighted by Crippen LogP contribution is -2.32. The number of carbonyl (C=O) groups excluding carboxylic acids is 2. The van der Waals surface area contributed by atoms with Crippen LogP contribution in [-0.2, 0) is 9.53 Å². The first-order valence-electron chi connectivity index (χ1n) is 6.64. The minimum atomic E-state index is -0.429. The largest absolute Gasteiger partial charge is 0.493 e. The number of methoxy groups -OCH3 is 1. The molecule has 2 rings (SSSR count). The van der Waals surface area contributed by atoms with E-state index in [4.69, 9.17) is 14.2 Å². The van der Waals surface area contributed by atoms with Crippen LogP contribution in [0.1, 0.15) is 17.3 Å². The van der Waals surface area contributed by atoms with Gasteiger partial charge in [0.05, 0.1) is 20.3 Å². The van der Waals surface area contributed by atoms with Crippen molar-refractivity contribution in [3.8, 4) is 11.5 Å². The summed E-state index contributed by atoms with van der Waals surface area (Å²) in [6.07, 6.45) is 0.695. The highest BCUT2D eigenvalue weighted by molar-refractivity contribution is 5.77. The van der Waals surface area contributed by atoms with Crippen LogP contribution in [0.5, 0.6) is 11.5 Å². The number of carbonyl (C=O) groups is 2. The van der Waals surface area contributed by atoms with Gasteiger partial charge < -0.3 is 19.1 Å². The van der Waals surface area contributed by atoms with Crippen LogP contribution in [0.2, 0.25) is 0 Å². The fraction of sp³-hybridized carbons (Fsp3) is 0.467. The van der Waals surface area contributed by atoms with E-state index >= 15 is 0 Å². The predicted octanol–water partition coefficient (Wildman–Crippen LogP) is 1.38. The molecule has 116 valence electrons. The molecule has 0 aliphatic carbocycles. The molecule has 21 heavy (non-hydrogen) atoms. The zero-order chi connectivity index (χ0) is 15.7. The molecule has 1 aliphatic heterocycles. The summed E-state index contributed by atoms with van der Waals surface area (Å²) < 4.78 is 14.9. The molecular weight excluding hydrogens is 274 g/mol. The number of aldehydes is 1. The van der Waals surface area contributed by atoms with Crippen molar-refractivity contribution in [2.24, 2.45) is 0 Å². The van der Waals surface area contributed by atoms with Gasteiger partial charge in [-0.15, -0.1) is 0 Å². The summed E-state index contributed by atoms with van der Waals surface area (Å²) in [4.78, 5) is 23.4. The second kappa shape index (κ2) is 9.10. The van der Waals surface area contributed by atoms with Crippen LogP contribution in [0, 0.1) is 0 Å². The number of esters is 1. The topological polar surface area (TPSA) is 65.1 Å². The monoisotopic (exact) mass is 295 g/mol. The number of rotatable bonds is 3. The third-order valence-electron chi connectivity index (χ3n) is 2.81. The van der Waals surface area contributed by atoms with Gasteiger partial charge in [0.15, 0.2) is 11.5 Å². The Kier molecular flexibility index (Phi) is 7.42. The molecule has 6 nitrogen and oxygen atoms in total. The molecule has 0 amide bonds. The van der Waals surface area contributed by atoms with Gasteiger partial charge >= 0.3 is 5.97 Å². The quantitative estimate of drug-likeness (QED) is 0.477. The summed E-state index contributed by atoms with van der Waals surface area (Å²) in [5, 5.41) is 0. The predicted molar refractivity (Wildman–Crippen MR) is 78.0 cm³/mol. The van der Waals surface area contributed by atoms with Crippen molar-refractivity contribution in [2.75, 3.05) is 40.5 Å². The molecule has 1 saturated heterocycles. The molecule has 6 heteroatoms. The van der Waals surface area contributed by atoms with Gasteiger partial charge in [-0.1, -0.05) is 0 Å². The van der Waals surface area contributed by atoms with E-state index in [1.165, 1.54) is 26.2 Å². The Morgan fingerprint density at radius 1 is 1.29 bits per heavy atom. The van der Waals surface area contributed by atoms with Crippen molar-refractivity contribution < 1.29 is 23.8 Å². The van der Waals surface area contributed by atoms with E-state index < -0.39 is 5.97 Å². The third-order valence-corrected chi connectivity index (χ3v) is 2.81. The number of benzene rings is 1. The molecule has 0 atom stereocenters. The zero-order valence-electron chi connectivity index (χ0n) is 12.6. The Morgan fingerprint density at radius 2 is 1.95 bits per heavy atom. The SMILES string of the molecule is CN1CCOCC1.COc1cc(C=O)ccc1OC(C)=O. The van der Waals surface area contributed by atoms with Gasteiger partial charge in [-0.2, -0.15) is 0 Å². The highest BCUT2D eigenvalue weighted by Gasteiger charge is 2.07. The van der Waals surface area contributed by atoms with Crippen molar-refractivity contribution in [2.45, 2.75) is 6.92 Å². The molecule has 0 bridgehead atoms. The zero-order valence-corrected chi connectivity index (χ0v) is 12.6. The highest BCUT2D eigenvalue weighted by atomic mass is 16.6. The number of morpholine rings is 1. The summed E-state index contributed by atoms with van der Waals surface area (Å²) >= 11 is 0. The van der Waals surface area contributed by atoms with Gasteiger partial charge in [-0.05, 0) is 25.2 Å². The lowest BCUT2D eigenvalue weighted by Gasteiger charge is -2.21. The maximum absolute atomic E-state index is 10.7. The van der Waals surface area contributed by atoms with Gasteiger partial charge in [0, 0.05) is 25.6 Å². The van der Waals surface area contributed by atoms with E-state index in [-0.39, 0.29) is 0 Å². The lowest BCUT2D eigenvalue weighted by molar-refractivity contribution is -0.132. The number of likely N-dealkylation sites (N-methyl/N-ethyl adjacent to an activating group) is 1. The third kappa shape index (κ3) is 6.37. The smallest absolute Gasteiger partial charge is 0.308 e. The van der Waals surface area contributed by atoms with E-state index in [0.717, 1.165) is 26.3 Å². The molecule has 1 fully saturated rings. The number of nitrogens with zero attached hydrogens (tertiary/aromatic N) is 1. The first-order chi connectivity index (χ1) is 10.1. The second-order valence-electron chi connectivity index (χ2n) is 4.54. The normalized spacial score (nSPS) is 14.6. The summed E-state index contributed by atoms with van der Waals surface area (Å²) in [5.41, 5.74) is 0.470. The van der Waals surface area contributed by atoms with Crippen molar-refractivity contribution in [1.29, 1.82) is 0 Å². The van der Waals surface area contributed by atoms with E-state index in [9.17, 15) is 9.59 Å². The summed E-state index contributed by atoms with van der Waals surface area (Å²) in [7, 11) is 3.55. The van der Waals surface area contributed by atoms with Crippen LogP contribution < -0.4 is 9.47 Å². The number of ether oxygens (including phenoxy) is 3. The van der Waals surface area contributed by atoms with E-state index in [1.54, 1.807) is 6.07 Å². The van der Waals surface area contributed by atoms with Gasteiger partial charge in [0.2, 0.25) is 0 Å². The van der Waals surface area contributed by atoms with Crippen LogP contribution in [0.4, 0.5) is 0 Å². The van der Waals surface area contributed by atoms with E-state index in [2.05, 4.69) is 11.9 Å². The van der Waals surface area contributed by atoms with Gasteiger partial charge in [0.1, 0.15) is 6.29 Å². The molecule has 1 heterocycles. The van der Waals surface area contributed by atoms with Crippen LogP contribution in [0.3, 0.4) is 0 Å². The average Bonchev–Trinajstić information content (AvgIpc) is 2.48. The Labute approximate surface area is 124 Å². The minimum Gasteiger partial charge on any atom is -0.493 e. The Morgan fingerprint density at radius 3 is 2.38 bits per heavy atom. The van der Waals surface area contributed by atoms with Gasteiger partial charge in [0.25, 0.3) is 0 Å². The molecule has 0 radical (unpaired) electrons. The Bertz CT molecular complexity index is 469. The Hall–Kier alpha value is -1.92. The lowest BCUT2D eigenvalue weighted by atomic mass is 10.2. The number of hydrogen-bond donors (Lipinski definition) is 0. The molecule has 1 aromatic carbocycles. The van der Waals surface area contributed by atoms with Crippen LogP contribution >= 0.6 is 0 Å². The summed E-state index contributed by atoms with van der Waals surface area (Å²) in [6.45, 7) is 5.32. The van der Waals surface area contributed by atoms with Crippen molar-refractivity contribution in [3.05, 3.63) is 23.8 Å². The maximum Gasteiger partial charge on any atom is 0.308 e. The van der Waals surface area contributed by atoms with Gasteiger partial charge in [-0.25, -0.2) is 0 Å². The Balaban J connectivity index is 0.000000262. The summed E-state index contributed by atoms with van der Waals surface area (Å²) in [5.74, 6) is 0.248. The molecule has 1 aliphatic rings. The standard InChI is InChI=1S/C10H10O4.C5H11NO/c1-7(12)14-9-4-3-8(6-11)5-10(9)13-2;1-6-2-4-7-5-3-6/h3-6H,1-2H3;2-5H2,1H3. The van der Waals surface area contributed by atoms with Crippen molar-refractivity contribution in [1.82, 2.24) is 4.90 Å². The highest BCUT2D eigenvalue weighted by Crippen LogP contribution is 2.27. The molecule has 0 unspecified atom stereocenters. The summed E-state index contributed by atoms with van der Waals surface area (Å²) in [6, 6.07) is 4.57. The van der Waals surface area contributed by atoms with Crippen LogP contribution in [0.15, 0.2) is 18.2 Å². The maximum atomic E-state index is 10.7. The molecule has 0 spiro atoms. The van der Waals surface area contributed by atoms with Crippen molar-refractivity contribution >= 4 is 12.3 Å². The fourth-order valence-corrected chi connectivity index (χ4v) is 1.65. The van der Waals surface area contributed by atoms with Gasteiger partial charge in [-0.3, -0.25) is 9.59 Å².